The molecule has 32 heavy (non-hydrogen) atoms. The fraction of sp³-hybridized carbons (Fsp3) is 0.417. The molecule has 168 valence electrons. The standard InChI is InChI=1S/C24H27N3O4S/c1-5-24(4)12-19-16(13-31-24)11-18-21(25-19)26-23(32-14-20(28)30-6-2)27(22(18)29)17-9-7-15(3)8-10-17/h7-11H,5-6,12-14H2,1-4H3/t24-/m1/s1. The Bertz CT molecular complexity index is 1220. The van der Waals surface area contributed by atoms with Crippen molar-refractivity contribution in [2.24, 2.45) is 0 Å². The van der Waals surface area contributed by atoms with E-state index in [0.29, 0.717) is 41.5 Å². The summed E-state index contributed by atoms with van der Waals surface area (Å²) in [5.41, 5.74) is 3.51. The van der Waals surface area contributed by atoms with Crippen molar-refractivity contribution in [3.05, 3.63) is 57.5 Å². The molecule has 4 rings (SSSR count). The number of carbonyl (C=O) groups excluding carboxylic acids is 1. The minimum atomic E-state index is -0.350. The molecule has 3 aromatic rings. The zero-order valence-electron chi connectivity index (χ0n) is 18.8. The van der Waals surface area contributed by atoms with Gasteiger partial charge in [0.1, 0.15) is 0 Å². The van der Waals surface area contributed by atoms with Gasteiger partial charge in [0.05, 0.1) is 41.3 Å². The second-order valence-corrected chi connectivity index (χ2v) is 9.14. The number of pyridine rings is 1. The largest absolute Gasteiger partial charge is 0.465 e. The highest BCUT2D eigenvalue weighted by atomic mass is 32.2. The van der Waals surface area contributed by atoms with E-state index in [2.05, 4.69) is 13.8 Å². The highest BCUT2D eigenvalue weighted by Crippen LogP contribution is 2.31. The van der Waals surface area contributed by atoms with Gasteiger partial charge in [-0.25, -0.2) is 9.97 Å². The van der Waals surface area contributed by atoms with Crippen LogP contribution >= 0.6 is 11.8 Å². The van der Waals surface area contributed by atoms with Crippen LogP contribution in [0, 0.1) is 6.92 Å². The summed E-state index contributed by atoms with van der Waals surface area (Å²) in [5, 5.41) is 0.852. The van der Waals surface area contributed by atoms with Crippen LogP contribution in [0.2, 0.25) is 0 Å². The Balaban J connectivity index is 1.86. The quantitative estimate of drug-likeness (QED) is 0.317. The lowest BCUT2D eigenvalue weighted by atomic mass is 9.91. The lowest BCUT2D eigenvalue weighted by molar-refractivity contribution is -0.139. The molecule has 0 radical (unpaired) electrons. The number of aryl methyl sites for hydroxylation is 1. The topological polar surface area (TPSA) is 83.3 Å². The van der Waals surface area contributed by atoms with E-state index in [-0.39, 0.29) is 22.9 Å². The van der Waals surface area contributed by atoms with E-state index in [1.165, 1.54) is 11.8 Å². The Morgan fingerprint density at radius 1 is 1.25 bits per heavy atom. The number of ether oxygens (including phenoxy) is 2. The van der Waals surface area contributed by atoms with Crippen LogP contribution in [-0.2, 0) is 27.3 Å². The molecule has 0 spiro atoms. The first kappa shape index (κ1) is 22.5. The van der Waals surface area contributed by atoms with Crippen LogP contribution in [0.5, 0.6) is 0 Å². The molecule has 1 aliphatic rings. The van der Waals surface area contributed by atoms with Crippen molar-refractivity contribution in [2.75, 3.05) is 12.4 Å². The van der Waals surface area contributed by atoms with E-state index in [9.17, 15) is 9.59 Å². The lowest BCUT2D eigenvalue weighted by Crippen LogP contribution is -2.35. The molecule has 1 atom stereocenters. The van der Waals surface area contributed by atoms with Crippen LogP contribution in [0.3, 0.4) is 0 Å². The molecule has 1 aromatic carbocycles. The van der Waals surface area contributed by atoms with Gasteiger partial charge < -0.3 is 9.47 Å². The average molecular weight is 454 g/mol. The van der Waals surface area contributed by atoms with Gasteiger partial charge in [0, 0.05) is 12.0 Å². The van der Waals surface area contributed by atoms with Crippen LogP contribution in [0.15, 0.2) is 40.3 Å². The number of benzene rings is 1. The van der Waals surface area contributed by atoms with Crippen molar-refractivity contribution in [1.29, 1.82) is 0 Å². The third-order valence-corrected chi connectivity index (χ3v) is 6.69. The second kappa shape index (κ2) is 9.03. The van der Waals surface area contributed by atoms with Gasteiger partial charge in [-0.15, -0.1) is 0 Å². The molecule has 0 saturated heterocycles. The molecule has 0 amide bonds. The number of rotatable bonds is 6. The molecule has 1 aliphatic heterocycles. The predicted molar refractivity (Wildman–Crippen MR) is 124 cm³/mol. The van der Waals surface area contributed by atoms with Crippen LogP contribution < -0.4 is 5.56 Å². The van der Waals surface area contributed by atoms with Gasteiger partial charge in [0.25, 0.3) is 5.56 Å². The van der Waals surface area contributed by atoms with Crippen LogP contribution in [-0.4, -0.2) is 38.5 Å². The molecule has 0 bridgehead atoms. The van der Waals surface area contributed by atoms with E-state index in [4.69, 9.17) is 19.4 Å². The zero-order chi connectivity index (χ0) is 22.9. The maximum absolute atomic E-state index is 13.6. The number of thioether (sulfide) groups is 1. The smallest absolute Gasteiger partial charge is 0.316 e. The summed E-state index contributed by atoms with van der Waals surface area (Å²) in [6.07, 6.45) is 1.54. The summed E-state index contributed by atoms with van der Waals surface area (Å²) in [4.78, 5) is 35.0. The number of esters is 1. The van der Waals surface area contributed by atoms with Crippen molar-refractivity contribution < 1.29 is 14.3 Å². The van der Waals surface area contributed by atoms with Crippen LogP contribution in [0.4, 0.5) is 0 Å². The molecule has 0 fully saturated rings. The van der Waals surface area contributed by atoms with Crippen molar-refractivity contribution >= 4 is 28.8 Å². The third-order valence-electron chi connectivity index (χ3n) is 5.78. The Hall–Kier alpha value is -2.71. The molecule has 8 heteroatoms. The number of hydrogen-bond donors (Lipinski definition) is 0. The van der Waals surface area contributed by atoms with Crippen molar-refractivity contribution in [2.45, 2.75) is 57.9 Å². The van der Waals surface area contributed by atoms with E-state index < -0.39 is 0 Å². The van der Waals surface area contributed by atoms with Gasteiger partial charge >= 0.3 is 5.97 Å². The molecular formula is C24H27N3O4S. The summed E-state index contributed by atoms with van der Waals surface area (Å²) in [7, 11) is 0. The second-order valence-electron chi connectivity index (χ2n) is 8.20. The Morgan fingerprint density at radius 2 is 2.00 bits per heavy atom. The number of carbonyl (C=O) groups is 1. The summed E-state index contributed by atoms with van der Waals surface area (Å²) >= 11 is 1.18. The third kappa shape index (κ3) is 4.42. The van der Waals surface area contributed by atoms with Gasteiger partial charge in [-0.2, -0.15) is 0 Å². The Labute approximate surface area is 191 Å². The zero-order valence-corrected chi connectivity index (χ0v) is 19.6. The summed E-state index contributed by atoms with van der Waals surface area (Å²) in [6, 6.07) is 9.49. The highest BCUT2D eigenvalue weighted by Gasteiger charge is 2.31. The number of hydrogen-bond acceptors (Lipinski definition) is 7. The van der Waals surface area contributed by atoms with Gasteiger partial charge in [-0.3, -0.25) is 14.2 Å². The fourth-order valence-corrected chi connectivity index (χ4v) is 4.48. The number of nitrogens with zero attached hydrogens (tertiary/aromatic N) is 3. The van der Waals surface area contributed by atoms with E-state index >= 15 is 0 Å². The molecule has 0 aliphatic carbocycles. The van der Waals surface area contributed by atoms with Crippen LogP contribution in [0.25, 0.3) is 16.7 Å². The Kier molecular flexibility index (Phi) is 6.35. The SMILES string of the molecule is CCOC(=O)CSc1nc2nc3c(cc2c(=O)n1-c1ccc(C)cc1)CO[C@](C)(CC)C3. The summed E-state index contributed by atoms with van der Waals surface area (Å²) in [6.45, 7) is 8.65. The minimum Gasteiger partial charge on any atom is -0.465 e. The van der Waals surface area contributed by atoms with Crippen molar-refractivity contribution in [3.63, 3.8) is 0 Å². The van der Waals surface area contributed by atoms with E-state index in [1.54, 1.807) is 11.5 Å². The van der Waals surface area contributed by atoms with Crippen molar-refractivity contribution in [3.8, 4) is 5.69 Å². The maximum atomic E-state index is 13.6. The lowest BCUT2D eigenvalue weighted by Gasteiger charge is -2.33. The molecule has 3 heterocycles. The summed E-state index contributed by atoms with van der Waals surface area (Å²) in [5.74, 6) is -0.291. The average Bonchev–Trinajstić information content (AvgIpc) is 2.78. The maximum Gasteiger partial charge on any atom is 0.316 e. The van der Waals surface area contributed by atoms with Gasteiger partial charge in [0.15, 0.2) is 10.8 Å². The molecule has 0 saturated carbocycles. The monoisotopic (exact) mass is 453 g/mol. The molecule has 2 aromatic heterocycles. The molecule has 0 N–H and O–H groups in total. The number of aromatic nitrogens is 3. The Morgan fingerprint density at radius 3 is 2.69 bits per heavy atom. The number of fused-ring (bicyclic) bond motifs is 2. The highest BCUT2D eigenvalue weighted by molar-refractivity contribution is 7.99. The molecule has 7 nitrogen and oxygen atoms in total. The summed E-state index contributed by atoms with van der Waals surface area (Å²) < 4.78 is 12.6. The normalized spacial score (nSPS) is 17.9. The van der Waals surface area contributed by atoms with E-state index in [0.717, 1.165) is 23.2 Å². The van der Waals surface area contributed by atoms with Crippen LogP contribution in [0.1, 0.15) is 44.0 Å². The first-order chi connectivity index (χ1) is 15.3. The van der Waals surface area contributed by atoms with Gasteiger partial charge in [-0.05, 0) is 45.4 Å². The fourth-order valence-electron chi connectivity index (χ4n) is 3.68. The van der Waals surface area contributed by atoms with Gasteiger partial charge in [0.2, 0.25) is 0 Å². The van der Waals surface area contributed by atoms with Crippen molar-refractivity contribution in [1.82, 2.24) is 14.5 Å². The first-order valence-corrected chi connectivity index (χ1v) is 11.8. The predicted octanol–water partition coefficient (Wildman–Crippen LogP) is 3.99. The first-order valence-electron chi connectivity index (χ1n) is 10.8. The molecular weight excluding hydrogens is 426 g/mol. The van der Waals surface area contributed by atoms with E-state index in [1.807, 2.05) is 37.3 Å². The minimum absolute atomic E-state index is 0.0599. The molecule has 0 unspecified atom stereocenters. The van der Waals surface area contributed by atoms with Gasteiger partial charge in [-0.1, -0.05) is 36.4 Å².